The van der Waals surface area contributed by atoms with E-state index in [0.717, 1.165) is 49.1 Å². The number of fused-ring (bicyclic) bond motifs is 1. The highest BCUT2D eigenvalue weighted by Crippen LogP contribution is 2.23. The van der Waals surface area contributed by atoms with E-state index in [4.69, 9.17) is 16.1 Å². The second-order valence-electron chi connectivity index (χ2n) is 7.11. The van der Waals surface area contributed by atoms with Crippen LogP contribution < -0.4 is 10.6 Å². The summed E-state index contributed by atoms with van der Waals surface area (Å²) >= 11 is 6.03. The summed E-state index contributed by atoms with van der Waals surface area (Å²) in [6.07, 6.45) is 2.60. The van der Waals surface area contributed by atoms with Crippen LogP contribution in [0.25, 0.3) is 11.4 Å². The minimum absolute atomic E-state index is 0.0931. The molecule has 2 N–H and O–H groups in total. The lowest BCUT2D eigenvalue weighted by Gasteiger charge is -2.24. The molecular formula is C20H25ClN8O. The zero-order chi connectivity index (χ0) is 20.9. The highest BCUT2D eigenvalue weighted by atomic mass is 35.5. The molecule has 4 rings (SSSR count). The van der Waals surface area contributed by atoms with Crippen molar-refractivity contribution < 1.29 is 4.52 Å². The largest absolute Gasteiger partial charge is 0.357 e. The Morgan fingerprint density at radius 1 is 1.37 bits per heavy atom. The first-order valence-electron chi connectivity index (χ1n) is 10.2. The predicted octanol–water partition coefficient (Wildman–Crippen LogP) is 2.92. The fourth-order valence-corrected chi connectivity index (χ4v) is 3.65. The van der Waals surface area contributed by atoms with Gasteiger partial charge >= 0.3 is 0 Å². The summed E-state index contributed by atoms with van der Waals surface area (Å²) < 4.78 is 7.35. The van der Waals surface area contributed by atoms with Gasteiger partial charge in [0.2, 0.25) is 11.7 Å². The zero-order valence-electron chi connectivity index (χ0n) is 17.1. The van der Waals surface area contributed by atoms with Crippen LogP contribution in [0.1, 0.15) is 43.3 Å². The van der Waals surface area contributed by atoms with Crippen LogP contribution in [0.5, 0.6) is 0 Å². The van der Waals surface area contributed by atoms with Crippen LogP contribution in [0, 0.1) is 6.92 Å². The minimum atomic E-state index is 0.0931. The second-order valence-corrected chi connectivity index (χ2v) is 7.55. The van der Waals surface area contributed by atoms with Gasteiger partial charge in [-0.2, -0.15) is 10.1 Å². The van der Waals surface area contributed by atoms with Crippen LogP contribution in [0.2, 0.25) is 5.02 Å². The van der Waals surface area contributed by atoms with Gasteiger partial charge in [-0.3, -0.25) is 4.99 Å². The zero-order valence-corrected chi connectivity index (χ0v) is 17.9. The number of nitrogens with zero attached hydrogens (tertiary/aromatic N) is 6. The lowest BCUT2D eigenvalue weighted by Crippen LogP contribution is -2.41. The van der Waals surface area contributed by atoms with Gasteiger partial charge in [0.25, 0.3) is 0 Å². The number of aryl methyl sites for hydroxylation is 2. The van der Waals surface area contributed by atoms with Gasteiger partial charge in [-0.15, -0.1) is 0 Å². The molecule has 1 unspecified atom stereocenters. The number of nitrogens with one attached hydrogen (secondary N) is 2. The third-order valence-corrected chi connectivity index (χ3v) is 5.02. The summed E-state index contributed by atoms with van der Waals surface area (Å²) in [7, 11) is 0. The van der Waals surface area contributed by atoms with Crippen molar-refractivity contribution in [3.05, 3.63) is 46.8 Å². The molecule has 0 saturated heterocycles. The lowest BCUT2D eigenvalue weighted by atomic mass is 10.1. The molecule has 0 amide bonds. The number of hydrogen-bond acceptors (Lipinski definition) is 6. The smallest absolute Gasteiger partial charge is 0.228 e. The van der Waals surface area contributed by atoms with E-state index in [0.29, 0.717) is 29.7 Å². The Bertz CT molecular complexity index is 1030. The highest BCUT2D eigenvalue weighted by Gasteiger charge is 2.24. The number of aromatic nitrogens is 5. The van der Waals surface area contributed by atoms with Gasteiger partial charge in [0.15, 0.2) is 5.96 Å². The van der Waals surface area contributed by atoms with Crippen molar-refractivity contribution in [3.63, 3.8) is 0 Å². The number of guanidine groups is 1. The highest BCUT2D eigenvalue weighted by molar-refractivity contribution is 6.30. The summed E-state index contributed by atoms with van der Waals surface area (Å²) in [5, 5.41) is 15.9. The van der Waals surface area contributed by atoms with Crippen molar-refractivity contribution in [3.8, 4) is 11.4 Å². The van der Waals surface area contributed by atoms with E-state index in [9.17, 15) is 0 Å². The monoisotopic (exact) mass is 428 g/mol. The van der Waals surface area contributed by atoms with Gasteiger partial charge in [0.1, 0.15) is 11.6 Å². The Labute approximate surface area is 179 Å². The van der Waals surface area contributed by atoms with Crippen LogP contribution in [0.4, 0.5) is 0 Å². The fraction of sp³-hybridized carbons (Fsp3) is 0.450. The Morgan fingerprint density at radius 2 is 2.27 bits per heavy atom. The van der Waals surface area contributed by atoms with Gasteiger partial charge < -0.3 is 15.2 Å². The molecule has 10 heteroatoms. The minimum Gasteiger partial charge on any atom is -0.357 e. The number of rotatable bonds is 6. The predicted molar refractivity (Wildman–Crippen MR) is 114 cm³/mol. The van der Waals surface area contributed by atoms with Crippen LogP contribution in [0.3, 0.4) is 0 Å². The maximum Gasteiger partial charge on any atom is 0.228 e. The summed E-state index contributed by atoms with van der Waals surface area (Å²) in [6.45, 7) is 6.16. The summed E-state index contributed by atoms with van der Waals surface area (Å²) in [5.41, 5.74) is 0.827. The van der Waals surface area contributed by atoms with E-state index in [-0.39, 0.29) is 6.04 Å². The Kier molecular flexibility index (Phi) is 6.27. The Balaban J connectivity index is 1.39. The van der Waals surface area contributed by atoms with Crippen LogP contribution in [0.15, 0.2) is 33.8 Å². The van der Waals surface area contributed by atoms with Gasteiger partial charge in [0.05, 0.1) is 12.6 Å². The maximum atomic E-state index is 6.03. The van der Waals surface area contributed by atoms with Gasteiger partial charge in [-0.05, 0) is 38.8 Å². The van der Waals surface area contributed by atoms with Crippen molar-refractivity contribution in [2.24, 2.45) is 4.99 Å². The SMILES string of the molecule is CCNC(=NCCc1nc(-c2cccc(Cl)c2)no1)NC1CCCn2nc(C)nc21. The quantitative estimate of drug-likeness (QED) is 0.459. The third kappa shape index (κ3) is 4.79. The van der Waals surface area contributed by atoms with Gasteiger partial charge in [-0.25, -0.2) is 9.67 Å². The molecule has 9 nitrogen and oxygen atoms in total. The van der Waals surface area contributed by atoms with E-state index in [1.165, 1.54) is 0 Å². The topological polar surface area (TPSA) is 106 Å². The molecule has 1 aliphatic rings. The molecule has 2 aromatic heterocycles. The first-order chi connectivity index (χ1) is 14.6. The standard InChI is InChI=1S/C20H25ClN8O/c1-3-22-20(25-16-8-5-11-29-19(16)24-13(2)27-29)23-10-9-17-26-18(28-30-17)14-6-4-7-15(21)12-14/h4,6-7,12,16H,3,5,8-11H2,1-2H3,(H2,22,23,25). The Morgan fingerprint density at radius 3 is 3.10 bits per heavy atom. The average Bonchev–Trinajstić information content (AvgIpc) is 3.34. The second kappa shape index (κ2) is 9.25. The average molecular weight is 429 g/mol. The van der Waals surface area contributed by atoms with Crippen molar-refractivity contribution >= 4 is 17.6 Å². The van der Waals surface area contributed by atoms with E-state index < -0.39 is 0 Å². The van der Waals surface area contributed by atoms with Crippen LogP contribution in [-0.4, -0.2) is 44.0 Å². The number of hydrogen-bond donors (Lipinski definition) is 2. The molecule has 0 spiro atoms. The first kappa shape index (κ1) is 20.3. The normalized spacial score (nSPS) is 16.4. The van der Waals surface area contributed by atoms with E-state index in [1.807, 2.05) is 42.8 Å². The van der Waals surface area contributed by atoms with E-state index in [1.54, 1.807) is 0 Å². The van der Waals surface area contributed by atoms with E-state index >= 15 is 0 Å². The molecule has 3 heterocycles. The molecule has 1 aliphatic heterocycles. The number of halogens is 1. The molecule has 3 aromatic rings. The third-order valence-electron chi connectivity index (χ3n) is 4.78. The van der Waals surface area contributed by atoms with Crippen molar-refractivity contribution in [1.29, 1.82) is 0 Å². The molecular weight excluding hydrogens is 404 g/mol. The number of aliphatic imine (C=N–C) groups is 1. The molecule has 1 aromatic carbocycles. The first-order valence-corrected chi connectivity index (χ1v) is 10.5. The maximum absolute atomic E-state index is 6.03. The molecule has 0 saturated carbocycles. The van der Waals surface area contributed by atoms with Crippen molar-refractivity contribution in [2.45, 2.75) is 45.7 Å². The molecule has 30 heavy (non-hydrogen) atoms. The molecule has 0 bridgehead atoms. The molecule has 1 atom stereocenters. The molecule has 0 radical (unpaired) electrons. The molecule has 0 aliphatic carbocycles. The van der Waals surface area contributed by atoms with Crippen molar-refractivity contribution in [1.82, 2.24) is 35.5 Å². The lowest BCUT2D eigenvalue weighted by molar-refractivity contribution is 0.380. The molecule has 158 valence electrons. The van der Waals surface area contributed by atoms with E-state index in [2.05, 4.69) is 35.8 Å². The van der Waals surface area contributed by atoms with Gasteiger partial charge in [0, 0.05) is 30.1 Å². The van der Waals surface area contributed by atoms with Crippen LogP contribution >= 0.6 is 11.6 Å². The Hall–Kier alpha value is -2.94. The number of benzene rings is 1. The fourth-order valence-electron chi connectivity index (χ4n) is 3.45. The van der Waals surface area contributed by atoms with Gasteiger partial charge in [-0.1, -0.05) is 28.9 Å². The van der Waals surface area contributed by atoms with Crippen molar-refractivity contribution in [2.75, 3.05) is 13.1 Å². The molecule has 0 fully saturated rings. The summed E-state index contributed by atoms with van der Waals surface area (Å²) in [6, 6.07) is 7.48. The summed E-state index contributed by atoms with van der Waals surface area (Å²) in [4.78, 5) is 13.7. The summed E-state index contributed by atoms with van der Waals surface area (Å²) in [5.74, 6) is 3.57. The van der Waals surface area contributed by atoms with Crippen LogP contribution in [-0.2, 0) is 13.0 Å².